The van der Waals surface area contributed by atoms with Crippen molar-refractivity contribution in [1.29, 1.82) is 0 Å². The first kappa shape index (κ1) is 15.1. The number of benzene rings is 3. The lowest BCUT2D eigenvalue weighted by Crippen LogP contribution is -2.29. The summed E-state index contributed by atoms with van der Waals surface area (Å²) in [6, 6.07) is 19.9. The Morgan fingerprint density at radius 1 is 0.696 bits per heavy atom. The Balaban J connectivity index is 1.71. The fourth-order valence-corrected chi connectivity index (χ4v) is 2.40. The summed E-state index contributed by atoms with van der Waals surface area (Å²) in [5.41, 5.74) is 1.03. The van der Waals surface area contributed by atoms with E-state index in [1.165, 1.54) is 0 Å². The quantitative estimate of drug-likeness (QED) is 0.698. The Bertz CT molecular complexity index is 893. The summed E-state index contributed by atoms with van der Waals surface area (Å²) < 4.78 is 0. The summed E-state index contributed by atoms with van der Waals surface area (Å²) in [6.45, 7) is 0. The van der Waals surface area contributed by atoms with E-state index in [4.69, 9.17) is 11.6 Å². The van der Waals surface area contributed by atoms with Crippen molar-refractivity contribution in [2.24, 2.45) is 0 Å². The molecule has 0 aliphatic carbocycles. The Kier molecular flexibility index (Phi) is 4.26. The molecule has 0 spiro atoms. The van der Waals surface area contributed by atoms with Gasteiger partial charge in [0.25, 0.3) is 0 Å². The zero-order valence-electron chi connectivity index (χ0n) is 12.0. The molecule has 0 bridgehead atoms. The fourth-order valence-electron chi connectivity index (χ4n) is 2.21. The monoisotopic (exact) mass is 324 g/mol. The van der Waals surface area contributed by atoms with Crippen LogP contribution in [-0.2, 0) is 9.59 Å². The maximum absolute atomic E-state index is 12.0. The van der Waals surface area contributed by atoms with E-state index in [1.54, 1.807) is 30.3 Å². The van der Waals surface area contributed by atoms with Crippen molar-refractivity contribution in [1.82, 2.24) is 0 Å². The molecular weight excluding hydrogens is 312 g/mol. The Morgan fingerprint density at radius 3 is 2.04 bits per heavy atom. The lowest BCUT2D eigenvalue weighted by atomic mass is 10.1. The van der Waals surface area contributed by atoms with E-state index in [9.17, 15) is 9.59 Å². The summed E-state index contributed by atoms with van der Waals surface area (Å²) in [5.74, 6) is -1.49. The first-order valence-corrected chi connectivity index (χ1v) is 7.36. The lowest BCUT2D eigenvalue weighted by molar-refractivity contribution is -0.132. The first-order chi connectivity index (χ1) is 11.1. The Hall–Kier alpha value is -2.85. The number of hydrogen-bond acceptors (Lipinski definition) is 2. The second-order valence-corrected chi connectivity index (χ2v) is 5.42. The topological polar surface area (TPSA) is 58.2 Å². The molecule has 114 valence electrons. The van der Waals surface area contributed by atoms with Gasteiger partial charge in [-0.3, -0.25) is 9.59 Å². The van der Waals surface area contributed by atoms with Gasteiger partial charge in [-0.15, -0.1) is 0 Å². The van der Waals surface area contributed by atoms with Gasteiger partial charge in [0.05, 0.1) is 0 Å². The third-order valence-corrected chi connectivity index (χ3v) is 3.53. The SMILES string of the molecule is O=C(Nc1cccc(Cl)c1)C(=O)Nc1ccc2ccccc2c1. The first-order valence-electron chi connectivity index (χ1n) is 6.98. The molecule has 2 N–H and O–H groups in total. The van der Waals surface area contributed by atoms with Gasteiger partial charge in [-0.1, -0.05) is 48.0 Å². The van der Waals surface area contributed by atoms with Crippen molar-refractivity contribution in [3.05, 3.63) is 71.8 Å². The number of nitrogens with one attached hydrogen (secondary N) is 2. The fraction of sp³-hybridized carbons (Fsp3) is 0. The molecule has 5 heteroatoms. The van der Waals surface area contributed by atoms with Crippen molar-refractivity contribution < 1.29 is 9.59 Å². The van der Waals surface area contributed by atoms with Crippen LogP contribution >= 0.6 is 11.6 Å². The zero-order chi connectivity index (χ0) is 16.2. The van der Waals surface area contributed by atoms with Crippen LogP contribution in [0.3, 0.4) is 0 Å². The molecular formula is C18H13ClN2O2. The molecule has 0 saturated heterocycles. The van der Waals surface area contributed by atoms with Crippen molar-refractivity contribution in [2.45, 2.75) is 0 Å². The molecule has 2 amide bonds. The van der Waals surface area contributed by atoms with Crippen molar-refractivity contribution in [3.8, 4) is 0 Å². The van der Waals surface area contributed by atoms with Crippen LogP contribution in [0.1, 0.15) is 0 Å². The number of carbonyl (C=O) groups is 2. The minimum Gasteiger partial charge on any atom is -0.318 e. The summed E-state index contributed by atoms with van der Waals surface area (Å²) >= 11 is 5.84. The van der Waals surface area contributed by atoms with E-state index in [0.717, 1.165) is 10.8 Å². The van der Waals surface area contributed by atoms with Crippen LogP contribution in [0.25, 0.3) is 10.8 Å². The Morgan fingerprint density at radius 2 is 1.35 bits per heavy atom. The van der Waals surface area contributed by atoms with Gasteiger partial charge in [0.15, 0.2) is 0 Å². The van der Waals surface area contributed by atoms with Gasteiger partial charge >= 0.3 is 11.8 Å². The third kappa shape index (κ3) is 3.67. The van der Waals surface area contributed by atoms with Crippen molar-refractivity contribution in [3.63, 3.8) is 0 Å². The van der Waals surface area contributed by atoms with E-state index in [-0.39, 0.29) is 0 Å². The molecule has 0 atom stereocenters. The molecule has 0 aliphatic heterocycles. The van der Waals surface area contributed by atoms with Gasteiger partial charge in [-0.2, -0.15) is 0 Å². The van der Waals surface area contributed by atoms with Gasteiger partial charge in [-0.25, -0.2) is 0 Å². The van der Waals surface area contributed by atoms with Gasteiger partial charge in [0.1, 0.15) is 0 Å². The average Bonchev–Trinajstić information content (AvgIpc) is 2.54. The highest BCUT2D eigenvalue weighted by molar-refractivity contribution is 6.43. The molecule has 3 aromatic carbocycles. The van der Waals surface area contributed by atoms with Gasteiger partial charge in [0.2, 0.25) is 0 Å². The van der Waals surface area contributed by atoms with Gasteiger partial charge in [0, 0.05) is 16.4 Å². The summed E-state index contributed by atoms with van der Waals surface area (Å²) in [4.78, 5) is 23.9. The van der Waals surface area contributed by atoms with Crippen LogP contribution in [0.5, 0.6) is 0 Å². The van der Waals surface area contributed by atoms with E-state index in [1.807, 2.05) is 36.4 Å². The minimum atomic E-state index is -0.750. The zero-order valence-corrected chi connectivity index (χ0v) is 12.8. The number of carbonyl (C=O) groups excluding carboxylic acids is 2. The second-order valence-electron chi connectivity index (χ2n) is 4.98. The number of halogens is 1. The largest absolute Gasteiger partial charge is 0.318 e. The Labute approximate surface area is 138 Å². The average molecular weight is 325 g/mol. The predicted molar refractivity (Wildman–Crippen MR) is 92.7 cm³/mol. The molecule has 4 nitrogen and oxygen atoms in total. The summed E-state index contributed by atoms with van der Waals surface area (Å²) in [7, 11) is 0. The molecule has 3 aromatic rings. The lowest BCUT2D eigenvalue weighted by Gasteiger charge is -2.07. The molecule has 0 unspecified atom stereocenters. The third-order valence-electron chi connectivity index (χ3n) is 3.30. The molecule has 0 fully saturated rings. The highest BCUT2D eigenvalue weighted by Gasteiger charge is 2.14. The normalized spacial score (nSPS) is 10.3. The number of amides is 2. The minimum absolute atomic E-state index is 0.469. The predicted octanol–water partition coefficient (Wildman–Crippen LogP) is 4.07. The molecule has 0 aliphatic rings. The highest BCUT2D eigenvalue weighted by Crippen LogP contribution is 2.19. The molecule has 0 saturated carbocycles. The molecule has 23 heavy (non-hydrogen) atoms. The number of fused-ring (bicyclic) bond motifs is 1. The van der Waals surface area contributed by atoms with Crippen LogP contribution in [0.2, 0.25) is 5.02 Å². The van der Waals surface area contributed by atoms with Crippen LogP contribution in [-0.4, -0.2) is 11.8 Å². The van der Waals surface area contributed by atoms with Gasteiger partial charge in [-0.05, 0) is 41.1 Å². The van der Waals surface area contributed by atoms with Gasteiger partial charge < -0.3 is 10.6 Å². The van der Waals surface area contributed by atoms with E-state index in [0.29, 0.717) is 16.4 Å². The second kappa shape index (κ2) is 6.50. The maximum atomic E-state index is 12.0. The molecule has 0 radical (unpaired) electrons. The maximum Gasteiger partial charge on any atom is 0.314 e. The number of hydrogen-bond donors (Lipinski definition) is 2. The van der Waals surface area contributed by atoms with E-state index >= 15 is 0 Å². The van der Waals surface area contributed by atoms with E-state index in [2.05, 4.69) is 10.6 Å². The van der Waals surface area contributed by atoms with Crippen molar-refractivity contribution >= 4 is 45.6 Å². The molecule has 0 heterocycles. The standard InChI is InChI=1S/C18H13ClN2O2/c19-14-6-3-7-15(11-14)20-17(22)18(23)21-16-9-8-12-4-1-2-5-13(12)10-16/h1-11H,(H,20,22)(H,21,23). The smallest absolute Gasteiger partial charge is 0.314 e. The van der Waals surface area contributed by atoms with Crippen LogP contribution < -0.4 is 10.6 Å². The molecule has 0 aromatic heterocycles. The van der Waals surface area contributed by atoms with Crippen LogP contribution in [0, 0.1) is 0 Å². The van der Waals surface area contributed by atoms with Crippen LogP contribution in [0.4, 0.5) is 11.4 Å². The summed E-state index contributed by atoms with van der Waals surface area (Å²) in [6.07, 6.45) is 0. The van der Waals surface area contributed by atoms with Crippen LogP contribution in [0.15, 0.2) is 66.7 Å². The van der Waals surface area contributed by atoms with Crippen molar-refractivity contribution in [2.75, 3.05) is 10.6 Å². The number of anilines is 2. The molecule has 3 rings (SSSR count). The van der Waals surface area contributed by atoms with E-state index < -0.39 is 11.8 Å². The summed E-state index contributed by atoms with van der Waals surface area (Å²) in [5, 5.41) is 7.62. The highest BCUT2D eigenvalue weighted by atomic mass is 35.5. The number of rotatable bonds is 2.